The maximum atomic E-state index is 14.1. The van der Waals surface area contributed by atoms with Crippen molar-refractivity contribution in [1.82, 2.24) is 10.2 Å². The molecular formula is C38H34N2O8S. The van der Waals surface area contributed by atoms with Crippen LogP contribution in [0.5, 0.6) is 11.5 Å². The molecule has 2 unspecified atom stereocenters. The highest BCUT2D eigenvalue weighted by atomic mass is 32.2. The first-order chi connectivity index (χ1) is 23.9. The van der Waals surface area contributed by atoms with Gasteiger partial charge >= 0.3 is 11.9 Å². The van der Waals surface area contributed by atoms with Gasteiger partial charge in [0.05, 0.1) is 13.5 Å². The van der Waals surface area contributed by atoms with Gasteiger partial charge in [-0.1, -0.05) is 91.0 Å². The minimum atomic E-state index is -1.19. The Morgan fingerprint density at radius 2 is 1.41 bits per heavy atom. The van der Waals surface area contributed by atoms with Gasteiger partial charge in [-0.3, -0.25) is 9.59 Å². The molecule has 4 aromatic rings. The Bertz CT molecular complexity index is 1760. The number of thioether (sulfide) groups is 1. The van der Waals surface area contributed by atoms with Gasteiger partial charge in [0.25, 0.3) is 0 Å². The van der Waals surface area contributed by atoms with Crippen molar-refractivity contribution in [2.24, 2.45) is 0 Å². The van der Waals surface area contributed by atoms with Gasteiger partial charge in [-0.15, -0.1) is 11.8 Å². The van der Waals surface area contributed by atoms with E-state index in [0.717, 1.165) is 16.7 Å². The molecule has 250 valence electrons. The van der Waals surface area contributed by atoms with Crippen molar-refractivity contribution in [3.8, 4) is 11.5 Å². The number of ether oxygens (including phenoxy) is 4. The summed E-state index contributed by atoms with van der Waals surface area (Å²) in [6, 6.07) is 32.5. The third-order valence-electron chi connectivity index (χ3n) is 8.07. The van der Waals surface area contributed by atoms with Crippen LogP contribution in [0.4, 0.5) is 0 Å². The first-order valence-corrected chi connectivity index (χ1v) is 16.6. The molecule has 0 aliphatic carbocycles. The van der Waals surface area contributed by atoms with Crippen molar-refractivity contribution in [1.29, 1.82) is 0 Å². The van der Waals surface area contributed by atoms with E-state index in [4.69, 9.17) is 18.9 Å². The molecular weight excluding hydrogens is 644 g/mol. The number of fused-ring (bicyclic) bond motifs is 1. The molecule has 2 heterocycles. The number of hydrogen-bond acceptors (Lipinski definition) is 9. The van der Waals surface area contributed by atoms with Gasteiger partial charge in [-0.05, 0) is 46.4 Å². The van der Waals surface area contributed by atoms with Crippen LogP contribution in [0, 0.1) is 0 Å². The molecule has 0 aromatic heterocycles. The van der Waals surface area contributed by atoms with Crippen LogP contribution in [0.3, 0.4) is 0 Å². The van der Waals surface area contributed by atoms with Gasteiger partial charge in [0.1, 0.15) is 29.5 Å². The maximum Gasteiger partial charge on any atom is 0.344 e. The van der Waals surface area contributed by atoms with E-state index in [1.165, 1.54) is 16.7 Å². The van der Waals surface area contributed by atoms with E-state index < -0.39 is 41.4 Å². The van der Waals surface area contributed by atoms with E-state index >= 15 is 0 Å². The number of benzene rings is 4. The summed E-state index contributed by atoms with van der Waals surface area (Å²) in [4.78, 5) is 54.8. The second kappa shape index (κ2) is 15.6. The lowest BCUT2D eigenvalue weighted by Gasteiger charge is -2.51. The molecule has 1 saturated heterocycles. The molecule has 2 amide bonds. The van der Waals surface area contributed by atoms with Crippen LogP contribution in [-0.2, 0) is 35.1 Å². The standard InChI is InChI=1S/C38H34N2O8S/c1-45-29-17-19-30(20-18-29)46-23-32(42)47-22-28-24-49-37-33(39-31(41)21-25-11-5-2-6-12-25)36(43)40(37)34(28)38(44)48-35(26-13-7-3-8-14-26)27-15-9-4-10-16-27/h2-20,24,33-35,37H,21-23H2,1H3,(H,39,41)/t33?,34?,37-/m0/s1. The highest BCUT2D eigenvalue weighted by molar-refractivity contribution is 8.03. The van der Waals surface area contributed by atoms with Crippen molar-refractivity contribution in [3.05, 3.63) is 143 Å². The Hall–Kier alpha value is -5.55. The van der Waals surface area contributed by atoms with E-state index in [1.54, 1.807) is 36.8 Å². The molecule has 1 fully saturated rings. The molecule has 2 aliphatic heterocycles. The highest BCUT2D eigenvalue weighted by Gasteiger charge is 2.56. The number of carbonyl (C=O) groups is 4. The summed E-state index contributed by atoms with van der Waals surface area (Å²) in [5.41, 5.74) is 2.68. The number of esters is 2. The number of β-lactam (4-membered cyclic amide) rings is 1. The van der Waals surface area contributed by atoms with Crippen molar-refractivity contribution < 1.29 is 38.1 Å². The average Bonchev–Trinajstić information content (AvgIpc) is 3.15. The minimum absolute atomic E-state index is 0.110. The number of rotatable bonds is 13. The SMILES string of the molecule is COc1ccc(OCC(=O)OCC2=CS[C@H]3C(NC(=O)Cc4ccccc4)C(=O)N3C2C(=O)OC(c2ccccc2)c2ccccc2)cc1. The van der Waals surface area contributed by atoms with E-state index in [2.05, 4.69) is 5.32 Å². The smallest absolute Gasteiger partial charge is 0.344 e. The fourth-order valence-electron chi connectivity index (χ4n) is 5.61. The molecule has 3 atom stereocenters. The molecule has 6 rings (SSSR count). The van der Waals surface area contributed by atoms with E-state index in [-0.39, 0.29) is 25.5 Å². The third-order valence-corrected chi connectivity index (χ3v) is 9.29. The van der Waals surface area contributed by atoms with Crippen molar-refractivity contribution in [3.63, 3.8) is 0 Å². The van der Waals surface area contributed by atoms with Crippen LogP contribution < -0.4 is 14.8 Å². The van der Waals surface area contributed by atoms with Crippen LogP contribution in [0.15, 0.2) is 126 Å². The molecule has 0 radical (unpaired) electrons. The zero-order valence-electron chi connectivity index (χ0n) is 26.6. The number of methoxy groups -OCH3 is 1. The fourth-order valence-corrected chi connectivity index (χ4v) is 6.82. The molecule has 0 spiro atoms. The lowest BCUT2D eigenvalue weighted by Crippen LogP contribution is -2.74. The Kier molecular flexibility index (Phi) is 10.6. The Morgan fingerprint density at radius 3 is 2.02 bits per heavy atom. The van der Waals surface area contributed by atoms with E-state index in [9.17, 15) is 19.2 Å². The zero-order valence-corrected chi connectivity index (χ0v) is 27.4. The molecule has 0 bridgehead atoms. The number of hydrogen-bond donors (Lipinski definition) is 1. The van der Waals surface area contributed by atoms with Crippen molar-refractivity contribution in [2.75, 3.05) is 20.3 Å². The van der Waals surface area contributed by atoms with Gasteiger partial charge in [0, 0.05) is 5.57 Å². The molecule has 2 aliphatic rings. The van der Waals surface area contributed by atoms with Crippen LogP contribution >= 0.6 is 11.8 Å². The summed E-state index contributed by atoms with van der Waals surface area (Å²) in [6.07, 6.45) is -0.652. The van der Waals surface area contributed by atoms with E-state index in [1.807, 2.05) is 91.0 Å². The first-order valence-electron chi connectivity index (χ1n) is 15.6. The van der Waals surface area contributed by atoms with E-state index in [0.29, 0.717) is 17.1 Å². The first kappa shape index (κ1) is 33.4. The lowest BCUT2D eigenvalue weighted by atomic mass is 9.97. The summed E-state index contributed by atoms with van der Waals surface area (Å²) in [6.45, 7) is -0.646. The van der Waals surface area contributed by atoms with Gasteiger partial charge in [-0.2, -0.15) is 0 Å². The average molecular weight is 679 g/mol. The summed E-state index contributed by atoms with van der Waals surface area (Å²) < 4.78 is 22.4. The molecule has 1 N–H and O–H groups in total. The maximum absolute atomic E-state index is 14.1. The molecule has 4 aromatic carbocycles. The van der Waals surface area contributed by atoms with Crippen LogP contribution in [0.1, 0.15) is 22.8 Å². The number of amides is 2. The van der Waals surface area contributed by atoms with Gasteiger partial charge in [0.2, 0.25) is 11.8 Å². The van der Waals surface area contributed by atoms with Crippen LogP contribution in [0.2, 0.25) is 0 Å². The lowest BCUT2D eigenvalue weighted by molar-refractivity contribution is -0.166. The third kappa shape index (κ3) is 7.95. The minimum Gasteiger partial charge on any atom is -0.497 e. The summed E-state index contributed by atoms with van der Waals surface area (Å²) in [7, 11) is 1.55. The predicted octanol–water partition coefficient (Wildman–Crippen LogP) is 4.85. The predicted molar refractivity (Wildman–Crippen MR) is 182 cm³/mol. The molecule has 49 heavy (non-hydrogen) atoms. The fraction of sp³-hybridized carbons (Fsp3) is 0.211. The quantitative estimate of drug-likeness (QED) is 0.156. The summed E-state index contributed by atoms with van der Waals surface area (Å²) in [5, 5.41) is 3.97. The molecule has 0 saturated carbocycles. The van der Waals surface area contributed by atoms with Crippen LogP contribution in [-0.4, -0.2) is 66.4 Å². The normalized spacial score (nSPS) is 18.0. The second-order valence-electron chi connectivity index (χ2n) is 11.3. The van der Waals surface area contributed by atoms with Crippen LogP contribution in [0.25, 0.3) is 0 Å². The van der Waals surface area contributed by atoms with Crippen molar-refractivity contribution in [2.45, 2.75) is 30.0 Å². The number of nitrogens with zero attached hydrogens (tertiary/aromatic N) is 1. The summed E-state index contributed by atoms with van der Waals surface area (Å²) >= 11 is 1.27. The Labute approximate surface area is 288 Å². The topological polar surface area (TPSA) is 120 Å². The Morgan fingerprint density at radius 1 is 0.816 bits per heavy atom. The largest absolute Gasteiger partial charge is 0.497 e. The van der Waals surface area contributed by atoms with Gasteiger partial charge in [0.15, 0.2) is 18.8 Å². The van der Waals surface area contributed by atoms with Crippen molar-refractivity contribution >= 4 is 35.5 Å². The number of nitrogens with one attached hydrogen (secondary N) is 1. The number of carbonyl (C=O) groups excluding carboxylic acids is 4. The molecule has 10 nitrogen and oxygen atoms in total. The molecule has 11 heteroatoms. The monoisotopic (exact) mass is 678 g/mol. The second-order valence-corrected chi connectivity index (χ2v) is 12.3. The Balaban J connectivity index is 1.19. The highest BCUT2D eigenvalue weighted by Crippen LogP contribution is 2.41. The van der Waals surface area contributed by atoms with Gasteiger partial charge in [-0.25, -0.2) is 9.59 Å². The summed E-state index contributed by atoms with van der Waals surface area (Å²) in [5.74, 6) is -0.998. The van der Waals surface area contributed by atoms with Gasteiger partial charge < -0.3 is 29.2 Å². The zero-order chi connectivity index (χ0) is 34.2.